The Balaban J connectivity index is 3.79. The van der Waals surface area contributed by atoms with Crippen molar-refractivity contribution in [3.05, 3.63) is 0 Å². The molecule has 0 aliphatic rings. The normalized spacial score (nSPS) is 15.3. The molecule has 0 spiro atoms. The van der Waals surface area contributed by atoms with Crippen molar-refractivity contribution < 1.29 is 10.3 Å². The molecule has 0 aromatic heterocycles. The molecule has 0 heterocycles. The van der Waals surface area contributed by atoms with Crippen LogP contribution in [-0.2, 0) is 0 Å². The Morgan fingerprint density at radius 1 is 1.53 bits per heavy atom. The van der Waals surface area contributed by atoms with E-state index in [9.17, 15) is 0 Å². The van der Waals surface area contributed by atoms with E-state index in [1.807, 2.05) is 6.92 Å². The molecule has 0 radical (unpaired) electrons. The van der Waals surface area contributed by atoms with Gasteiger partial charge in [-0.25, -0.2) is 0 Å². The van der Waals surface area contributed by atoms with E-state index in [1.54, 1.807) is 0 Å². The monoisotopic (exact) mass is 217 g/mol. The van der Waals surface area contributed by atoms with Crippen LogP contribution in [0.5, 0.6) is 0 Å². The number of nitrogens with one attached hydrogen (secondary N) is 1. The lowest BCUT2D eigenvalue weighted by atomic mass is 9.89. The largest absolute Gasteiger partial charge is 0.409 e. The van der Waals surface area contributed by atoms with Crippen LogP contribution in [0.15, 0.2) is 5.16 Å². The van der Waals surface area contributed by atoms with Gasteiger partial charge in [0.1, 0.15) is 5.84 Å². The van der Waals surface area contributed by atoms with Crippen molar-refractivity contribution >= 4 is 5.84 Å². The summed E-state index contributed by atoms with van der Waals surface area (Å²) in [7, 11) is 0. The lowest BCUT2D eigenvalue weighted by molar-refractivity contribution is 0.206. The van der Waals surface area contributed by atoms with Gasteiger partial charge in [-0.1, -0.05) is 25.9 Å². The molecule has 0 saturated heterocycles. The van der Waals surface area contributed by atoms with E-state index in [-0.39, 0.29) is 23.8 Å². The minimum absolute atomic E-state index is 0.0138. The number of oxime groups is 1. The summed E-state index contributed by atoms with van der Waals surface area (Å²) >= 11 is 0. The molecule has 90 valence electrons. The molecule has 1 unspecified atom stereocenters. The predicted octanol–water partition coefficient (Wildman–Crippen LogP) is 0.367. The van der Waals surface area contributed by atoms with Crippen molar-refractivity contribution in [3.8, 4) is 0 Å². The summed E-state index contributed by atoms with van der Waals surface area (Å²) in [6, 6.07) is 0. The summed E-state index contributed by atoms with van der Waals surface area (Å²) in [6.45, 7) is 7.74. The molecule has 0 bridgehead atoms. The Labute approximate surface area is 91.4 Å². The van der Waals surface area contributed by atoms with E-state index < -0.39 is 0 Å². The lowest BCUT2D eigenvalue weighted by Gasteiger charge is -2.24. The Morgan fingerprint density at radius 3 is 2.60 bits per heavy atom. The van der Waals surface area contributed by atoms with Crippen molar-refractivity contribution in [2.45, 2.75) is 27.2 Å². The fourth-order valence-electron chi connectivity index (χ4n) is 1.22. The van der Waals surface area contributed by atoms with Crippen molar-refractivity contribution in [3.63, 3.8) is 0 Å². The second kappa shape index (κ2) is 6.63. The second-order valence-electron chi connectivity index (χ2n) is 4.69. The van der Waals surface area contributed by atoms with Crippen LogP contribution in [0.2, 0.25) is 0 Å². The van der Waals surface area contributed by atoms with Crippen molar-refractivity contribution in [1.82, 2.24) is 5.32 Å². The summed E-state index contributed by atoms with van der Waals surface area (Å²) in [6.07, 6.45) is 0.762. The third-order valence-corrected chi connectivity index (χ3v) is 2.46. The number of hydrogen-bond acceptors (Lipinski definition) is 4. The summed E-state index contributed by atoms with van der Waals surface area (Å²) in [4.78, 5) is 0. The Morgan fingerprint density at radius 2 is 2.13 bits per heavy atom. The molecule has 0 aliphatic carbocycles. The highest BCUT2D eigenvalue weighted by molar-refractivity contribution is 5.82. The zero-order valence-corrected chi connectivity index (χ0v) is 9.82. The SMILES string of the molecule is CC(CNCC(C)(C)CCO)C(N)=NO. The number of rotatable bonds is 7. The maximum absolute atomic E-state index is 8.84. The molecule has 5 N–H and O–H groups in total. The number of hydrogen-bond donors (Lipinski definition) is 4. The van der Waals surface area contributed by atoms with Crippen LogP contribution in [0.25, 0.3) is 0 Å². The summed E-state index contributed by atoms with van der Waals surface area (Å²) in [5.41, 5.74) is 5.51. The number of amidine groups is 1. The molecule has 15 heavy (non-hydrogen) atoms. The van der Waals surface area contributed by atoms with Gasteiger partial charge in [0, 0.05) is 25.6 Å². The number of aliphatic hydroxyl groups is 1. The molecule has 0 aromatic rings. The summed E-state index contributed by atoms with van der Waals surface area (Å²) < 4.78 is 0. The van der Waals surface area contributed by atoms with Gasteiger partial charge in [-0.05, 0) is 11.8 Å². The van der Waals surface area contributed by atoms with Gasteiger partial charge < -0.3 is 21.4 Å². The fourth-order valence-corrected chi connectivity index (χ4v) is 1.22. The molecule has 0 rings (SSSR count). The van der Waals surface area contributed by atoms with Crippen LogP contribution in [0.3, 0.4) is 0 Å². The summed E-state index contributed by atoms with van der Waals surface area (Å²) in [5.74, 6) is 0.252. The van der Waals surface area contributed by atoms with Gasteiger partial charge in [-0.3, -0.25) is 0 Å². The van der Waals surface area contributed by atoms with Gasteiger partial charge in [0.15, 0.2) is 0 Å². The molecule has 0 amide bonds. The molecule has 1 atom stereocenters. The smallest absolute Gasteiger partial charge is 0.143 e. The third kappa shape index (κ3) is 6.30. The van der Waals surface area contributed by atoms with Crippen molar-refractivity contribution in [2.24, 2.45) is 22.2 Å². The first-order chi connectivity index (χ1) is 6.93. The van der Waals surface area contributed by atoms with Gasteiger partial charge in [-0.2, -0.15) is 0 Å². The van der Waals surface area contributed by atoms with Gasteiger partial charge >= 0.3 is 0 Å². The molecule has 0 fully saturated rings. The predicted molar refractivity (Wildman–Crippen MR) is 60.9 cm³/mol. The molecule has 0 aromatic carbocycles. The first-order valence-electron chi connectivity index (χ1n) is 5.22. The van der Waals surface area contributed by atoms with E-state index in [0.29, 0.717) is 6.54 Å². The second-order valence-corrected chi connectivity index (χ2v) is 4.69. The molecule has 5 heteroatoms. The van der Waals surface area contributed by atoms with E-state index >= 15 is 0 Å². The summed E-state index contributed by atoms with van der Waals surface area (Å²) in [5, 5.41) is 23.5. The number of aliphatic hydroxyl groups excluding tert-OH is 1. The zero-order valence-electron chi connectivity index (χ0n) is 9.82. The Bertz CT molecular complexity index is 205. The van der Waals surface area contributed by atoms with E-state index in [2.05, 4.69) is 24.3 Å². The van der Waals surface area contributed by atoms with Crippen LogP contribution in [0.1, 0.15) is 27.2 Å². The van der Waals surface area contributed by atoms with Gasteiger partial charge in [0.2, 0.25) is 0 Å². The minimum atomic E-state index is 0.0138. The maximum atomic E-state index is 8.84. The zero-order chi connectivity index (χ0) is 11.9. The highest BCUT2D eigenvalue weighted by Gasteiger charge is 2.17. The molecule has 0 saturated carbocycles. The Hall–Kier alpha value is -0.810. The van der Waals surface area contributed by atoms with E-state index in [4.69, 9.17) is 16.0 Å². The van der Waals surface area contributed by atoms with Crippen LogP contribution in [0, 0.1) is 11.3 Å². The molecule has 0 aliphatic heterocycles. The fraction of sp³-hybridized carbons (Fsp3) is 0.900. The first kappa shape index (κ1) is 14.2. The average molecular weight is 217 g/mol. The van der Waals surface area contributed by atoms with Crippen LogP contribution in [-0.4, -0.2) is 35.8 Å². The standard InChI is InChI=1S/C10H23N3O2/c1-8(9(11)13-15)6-12-7-10(2,3)4-5-14/h8,12,14-15H,4-7H2,1-3H3,(H2,11,13). The van der Waals surface area contributed by atoms with Crippen LogP contribution < -0.4 is 11.1 Å². The number of nitrogens with zero attached hydrogens (tertiary/aromatic N) is 1. The highest BCUT2D eigenvalue weighted by atomic mass is 16.4. The quantitative estimate of drug-likeness (QED) is 0.214. The van der Waals surface area contributed by atoms with Crippen molar-refractivity contribution in [1.29, 1.82) is 0 Å². The molecular weight excluding hydrogens is 194 g/mol. The minimum Gasteiger partial charge on any atom is -0.409 e. The number of nitrogens with two attached hydrogens (primary N) is 1. The average Bonchev–Trinajstić information content (AvgIpc) is 2.15. The van der Waals surface area contributed by atoms with E-state index in [0.717, 1.165) is 13.0 Å². The van der Waals surface area contributed by atoms with Gasteiger partial charge in [-0.15, -0.1) is 0 Å². The Kier molecular flexibility index (Phi) is 6.27. The molecular formula is C10H23N3O2. The third-order valence-electron chi connectivity index (χ3n) is 2.46. The molecule has 5 nitrogen and oxygen atoms in total. The van der Waals surface area contributed by atoms with Crippen molar-refractivity contribution in [2.75, 3.05) is 19.7 Å². The van der Waals surface area contributed by atoms with Crippen LogP contribution in [0.4, 0.5) is 0 Å². The van der Waals surface area contributed by atoms with Crippen LogP contribution >= 0.6 is 0 Å². The van der Waals surface area contributed by atoms with Gasteiger partial charge in [0.25, 0.3) is 0 Å². The first-order valence-corrected chi connectivity index (χ1v) is 5.22. The topological polar surface area (TPSA) is 90.9 Å². The van der Waals surface area contributed by atoms with Gasteiger partial charge in [0.05, 0.1) is 0 Å². The van der Waals surface area contributed by atoms with E-state index in [1.165, 1.54) is 0 Å². The lowest BCUT2D eigenvalue weighted by Crippen LogP contribution is -2.36. The maximum Gasteiger partial charge on any atom is 0.143 e. The highest BCUT2D eigenvalue weighted by Crippen LogP contribution is 2.17.